The van der Waals surface area contributed by atoms with Gasteiger partial charge in [0.2, 0.25) is 0 Å². The maximum atomic E-state index is 6.13. The van der Waals surface area contributed by atoms with Gasteiger partial charge in [-0.05, 0) is 36.0 Å². The lowest BCUT2D eigenvalue weighted by Gasteiger charge is -2.17. The fourth-order valence-electron chi connectivity index (χ4n) is 1.62. The lowest BCUT2D eigenvalue weighted by atomic mass is 9.93. The lowest BCUT2D eigenvalue weighted by molar-refractivity contribution is 0.0324. The normalized spacial score (nSPS) is 11.8. The van der Waals surface area contributed by atoms with E-state index < -0.39 is 0 Å². The van der Waals surface area contributed by atoms with E-state index in [0.29, 0.717) is 25.2 Å². The first-order valence-electron chi connectivity index (χ1n) is 6.79. The molecule has 0 amide bonds. The molecule has 0 bridgehead atoms. The minimum atomic E-state index is 0.329. The second-order valence-electron chi connectivity index (χ2n) is 6.01. The molecule has 0 aliphatic heterocycles. The summed E-state index contributed by atoms with van der Waals surface area (Å²) >= 11 is 6.13. The molecular formula is C16H25ClO2. The number of hydrogen-bond acceptors (Lipinski definition) is 2. The lowest BCUT2D eigenvalue weighted by Crippen LogP contribution is -2.12. The molecule has 108 valence electrons. The molecule has 0 fully saturated rings. The average molecular weight is 285 g/mol. The molecule has 0 atom stereocenters. The highest BCUT2D eigenvalue weighted by Gasteiger charge is 2.09. The van der Waals surface area contributed by atoms with Gasteiger partial charge in [0.15, 0.2) is 0 Å². The van der Waals surface area contributed by atoms with Crippen LogP contribution in [0, 0.1) is 12.3 Å². The SMILES string of the molecule is Cc1cccc(Cl)c1COCCOCCC(C)(C)C. The third-order valence-corrected chi connectivity index (χ3v) is 3.32. The zero-order valence-electron chi connectivity index (χ0n) is 12.5. The maximum absolute atomic E-state index is 6.13. The fourth-order valence-corrected chi connectivity index (χ4v) is 1.90. The first kappa shape index (κ1) is 16.5. The molecule has 0 aliphatic rings. The van der Waals surface area contributed by atoms with Crippen molar-refractivity contribution in [1.82, 2.24) is 0 Å². The van der Waals surface area contributed by atoms with Crippen molar-refractivity contribution in [2.75, 3.05) is 19.8 Å². The largest absolute Gasteiger partial charge is 0.379 e. The summed E-state index contributed by atoms with van der Waals surface area (Å²) in [5.74, 6) is 0. The van der Waals surface area contributed by atoms with Crippen molar-refractivity contribution in [3.63, 3.8) is 0 Å². The summed E-state index contributed by atoms with van der Waals surface area (Å²) in [5.41, 5.74) is 2.57. The first-order valence-corrected chi connectivity index (χ1v) is 7.17. The van der Waals surface area contributed by atoms with Gasteiger partial charge in [0.25, 0.3) is 0 Å². The van der Waals surface area contributed by atoms with Crippen LogP contribution in [-0.4, -0.2) is 19.8 Å². The molecule has 1 aromatic carbocycles. The van der Waals surface area contributed by atoms with Crippen LogP contribution in [0.15, 0.2) is 18.2 Å². The van der Waals surface area contributed by atoms with Crippen molar-refractivity contribution < 1.29 is 9.47 Å². The minimum Gasteiger partial charge on any atom is -0.379 e. The second-order valence-corrected chi connectivity index (χ2v) is 6.42. The number of halogens is 1. The minimum absolute atomic E-state index is 0.329. The van der Waals surface area contributed by atoms with Crippen LogP contribution in [0.25, 0.3) is 0 Å². The predicted molar refractivity (Wildman–Crippen MR) is 80.7 cm³/mol. The van der Waals surface area contributed by atoms with E-state index in [1.165, 1.54) is 5.56 Å². The zero-order chi connectivity index (χ0) is 14.3. The second kappa shape index (κ2) is 7.88. The molecule has 0 N–H and O–H groups in total. The molecule has 3 heteroatoms. The first-order chi connectivity index (χ1) is 8.90. The van der Waals surface area contributed by atoms with Crippen molar-refractivity contribution in [3.8, 4) is 0 Å². The molecule has 1 aromatic rings. The van der Waals surface area contributed by atoms with Gasteiger partial charge >= 0.3 is 0 Å². The van der Waals surface area contributed by atoms with Crippen LogP contribution in [0.3, 0.4) is 0 Å². The molecule has 0 unspecified atom stereocenters. The number of aryl methyl sites for hydroxylation is 1. The number of rotatable bonds is 7. The molecular weight excluding hydrogens is 260 g/mol. The van der Waals surface area contributed by atoms with Crippen molar-refractivity contribution in [1.29, 1.82) is 0 Å². The zero-order valence-corrected chi connectivity index (χ0v) is 13.2. The predicted octanol–water partition coefficient (Wildman–Crippen LogP) is 4.62. The van der Waals surface area contributed by atoms with Crippen LogP contribution in [0.5, 0.6) is 0 Å². The van der Waals surface area contributed by atoms with Gasteiger partial charge in [0, 0.05) is 11.6 Å². The van der Waals surface area contributed by atoms with E-state index in [-0.39, 0.29) is 0 Å². The topological polar surface area (TPSA) is 18.5 Å². The van der Waals surface area contributed by atoms with E-state index in [1.807, 2.05) is 25.1 Å². The van der Waals surface area contributed by atoms with Gasteiger partial charge in [-0.1, -0.05) is 44.5 Å². The maximum Gasteiger partial charge on any atom is 0.0735 e. The van der Waals surface area contributed by atoms with Crippen LogP contribution in [-0.2, 0) is 16.1 Å². The Morgan fingerprint density at radius 2 is 1.74 bits per heavy atom. The molecule has 0 aromatic heterocycles. The standard InChI is InChI=1S/C16H25ClO2/c1-13-6-5-7-15(17)14(13)12-19-11-10-18-9-8-16(2,3)4/h5-7H,8-12H2,1-4H3. The molecule has 0 saturated heterocycles. The Kier molecular flexibility index (Phi) is 6.84. The number of benzene rings is 1. The molecule has 2 nitrogen and oxygen atoms in total. The third kappa shape index (κ3) is 6.95. The molecule has 0 heterocycles. The number of ether oxygens (including phenoxy) is 2. The van der Waals surface area contributed by atoms with Gasteiger partial charge in [0.05, 0.1) is 19.8 Å². The summed E-state index contributed by atoms with van der Waals surface area (Å²) in [4.78, 5) is 0. The Bertz CT molecular complexity index is 363. The van der Waals surface area contributed by atoms with E-state index >= 15 is 0 Å². The summed E-state index contributed by atoms with van der Waals surface area (Å²) in [6.07, 6.45) is 1.07. The van der Waals surface area contributed by atoms with Gasteiger partial charge < -0.3 is 9.47 Å². The Morgan fingerprint density at radius 3 is 2.37 bits per heavy atom. The summed E-state index contributed by atoms with van der Waals surface area (Å²) in [7, 11) is 0. The molecule has 1 rings (SSSR count). The van der Waals surface area contributed by atoms with Crippen LogP contribution in [0.1, 0.15) is 38.3 Å². The van der Waals surface area contributed by atoms with E-state index in [9.17, 15) is 0 Å². The van der Waals surface area contributed by atoms with Gasteiger partial charge in [-0.25, -0.2) is 0 Å². The van der Waals surface area contributed by atoms with Crippen molar-refractivity contribution in [2.45, 2.75) is 40.7 Å². The van der Waals surface area contributed by atoms with Crippen molar-refractivity contribution >= 4 is 11.6 Å². The summed E-state index contributed by atoms with van der Waals surface area (Å²) in [6.45, 7) is 11.3. The fraction of sp³-hybridized carbons (Fsp3) is 0.625. The quantitative estimate of drug-likeness (QED) is 0.680. The van der Waals surface area contributed by atoms with Gasteiger partial charge in [0.1, 0.15) is 0 Å². The van der Waals surface area contributed by atoms with Crippen LogP contribution < -0.4 is 0 Å². The van der Waals surface area contributed by atoms with E-state index in [2.05, 4.69) is 20.8 Å². The highest BCUT2D eigenvalue weighted by molar-refractivity contribution is 6.31. The highest BCUT2D eigenvalue weighted by atomic mass is 35.5. The third-order valence-electron chi connectivity index (χ3n) is 2.97. The van der Waals surface area contributed by atoms with Gasteiger partial charge in [-0.2, -0.15) is 0 Å². The average Bonchev–Trinajstić information content (AvgIpc) is 2.29. The highest BCUT2D eigenvalue weighted by Crippen LogP contribution is 2.20. The number of hydrogen-bond donors (Lipinski definition) is 0. The summed E-state index contributed by atoms with van der Waals surface area (Å²) in [5, 5.41) is 0.772. The van der Waals surface area contributed by atoms with Crippen LogP contribution >= 0.6 is 11.6 Å². The van der Waals surface area contributed by atoms with E-state index in [0.717, 1.165) is 23.6 Å². The summed E-state index contributed by atoms with van der Waals surface area (Å²) in [6, 6.07) is 5.90. The van der Waals surface area contributed by atoms with Crippen LogP contribution in [0.4, 0.5) is 0 Å². The monoisotopic (exact) mass is 284 g/mol. The molecule has 0 radical (unpaired) electrons. The van der Waals surface area contributed by atoms with Crippen molar-refractivity contribution in [2.24, 2.45) is 5.41 Å². The smallest absolute Gasteiger partial charge is 0.0735 e. The Morgan fingerprint density at radius 1 is 1.05 bits per heavy atom. The van der Waals surface area contributed by atoms with E-state index in [1.54, 1.807) is 0 Å². The van der Waals surface area contributed by atoms with Gasteiger partial charge in [-0.3, -0.25) is 0 Å². The van der Waals surface area contributed by atoms with Crippen LogP contribution in [0.2, 0.25) is 5.02 Å². The Labute approximate surface area is 122 Å². The molecule has 19 heavy (non-hydrogen) atoms. The Hall–Kier alpha value is -0.570. The molecule has 0 saturated carbocycles. The Balaban J connectivity index is 2.15. The van der Waals surface area contributed by atoms with Gasteiger partial charge in [-0.15, -0.1) is 0 Å². The van der Waals surface area contributed by atoms with E-state index in [4.69, 9.17) is 21.1 Å². The summed E-state index contributed by atoms with van der Waals surface area (Å²) < 4.78 is 11.2. The molecule has 0 spiro atoms. The molecule has 0 aliphatic carbocycles. The van der Waals surface area contributed by atoms with Crippen molar-refractivity contribution in [3.05, 3.63) is 34.3 Å².